The fourth-order valence-electron chi connectivity index (χ4n) is 6.54. The number of benzene rings is 1. The number of esters is 1. The van der Waals surface area contributed by atoms with E-state index in [0.717, 1.165) is 30.4 Å². The van der Waals surface area contributed by atoms with E-state index in [9.17, 15) is 9.59 Å². The molecule has 0 N–H and O–H groups in total. The van der Waals surface area contributed by atoms with Gasteiger partial charge in [-0.3, -0.25) is 9.59 Å². The summed E-state index contributed by atoms with van der Waals surface area (Å²) in [4.78, 5) is 27.4. The zero-order valence-corrected chi connectivity index (χ0v) is 18.2. The van der Waals surface area contributed by atoms with Crippen LogP contribution in [0, 0.1) is 42.9 Å². The Morgan fingerprint density at radius 2 is 1.73 bits per heavy atom. The number of aryl methyl sites for hydroxylation is 2. The molecule has 0 radical (unpaired) electrons. The second-order valence-electron chi connectivity index (χ2n) is 9.85. The summed E-state index contributed by atoms with van der Waals surface area (Å²) in [5.74, 6) is 1.61. The van der Waals surface area contributed by atoms with Gasteiger partial charge in [-0.05, 0) is 86.8 Å². The first-order valence-electron chi connectivity index (χ1n) is 11.3. The molecule has 0 unspecified atom stereocenters. The Morgan fingerprint density at radius 3 is 2.30 bits per heavy atom. The number of rotatable bonds is 7. The minimum atomic E-state index is -0.377. The van der Waals surface area contributed by atoms with Gasteiger partial charge in [0.15, 0.2) is 6.61 Å². The molecule has 1 amide bonds. The van der Waals surface area contributed by atoms with Gasteiger partial charge in [0.05, 0.1) is 18.9 Å². The van der Waals surface area contributed by atoms with Crippen LogP contribution < -0.4 is 0 Å². The first kappa shape index (κ1) is 20.9. The van der Waals surface area contributed by atoms with Gasteiger partial charge in [-0.1, -0.05) is 18.2 Å². The smallest absolute Gasteiger partial charge is 0.310 e. The molecule has 0 saturated heterocycles. The molecule has 5 rings (SSSR count). The van der Waals surface area contributed by atoms with Crippen LogP contribution >= 0.6 is 0 Å². The Labute approximate surface area is 179 Å². The maximum atomic E-state index is 13.2. The lowest BCUT2D eigenvalue weighted by molar-refractivity contribution is -0.162. The van der Waals surface area contributed by atoms with Gasteiger partial charge in [-0.15, -0.1) is 0 Å². The molecule has 0 heterocycles. The summed E-state index contributed by atoms with van der Waals surface area (Å²) in [6.45, 7) is 4.27. The van der Waals surface area contributed by atoms with Crippen molar-refractivity contribution in [2.24, 2.45) is 17.8 Å². The highest BCUT2D eigenvalue weighted by Gasteiger charge is 2.54. The van der Waals surface area contributed by atoms with Crippen molar-refractivity contribution in [1.29, 1.82) is 5.26 Å². The summed E-state index contributed by atoms with van der Waals surface area (Å²) < 4.78 is 5.39. The van der Waals surface area contributed by atoms with Gasteiger partial charge in [-0.25, -0.2) is 0 Å². The monoisotopic (exact) mass is 408 g/mol. The summed E-state index contributed by atoms with van der Waals surface area (Å²) in [5.41, 5.74) is 3.10. The van der Waals surface area contributed by atoms with E-state index in [4.69, 9.17) is 10.00 Å². The van der Waals surface area contributed by atoms with Crippen LogP contribution in [-0.4, -0.2) is 35.5 Å². The van der Waals surface area contributed by atoms with E-state index in [1.165, 1.54) is 24.8 Å². The Kier molecular flexibility index (Phi) is 5.86. The molecule has 0 atom stereocenters. The van der Waals surface area contributed by atoms with Crippen LogP contribution in [0.1, 0.15) is 61.6 Å². The summed E-state index contributed by atoms with van der Waals surface area (Å²) in [6.07, 6.45) is 7.53. The van der Waals surface area contributed by atoms with Crippen LogP contribution in [0.2, 0.25) is 0 Å². The van der Waals surface area contributed by atoms with Crippen LogP contribution in [0.15, 0.2) is 18.2 Å². The molecule has 4 saturated carbocycles. The third kappa shape index (κ3) is 4.24. The SMILES string of the molecule is Cc1ccc(CC(=O)OCC(=O)N(CCC#N)C23CC4CC(CC(C4)C2)C3)cc1C. The van der Waals surface area contributed by atoms with E-state index in [-0.39, 0.29) is 30.4 Å². The standard InChI is InChI=1S/C25H32N2O3/c1-17-4-5-19(8-18(17)2)12-24(29)30-16-23(28)27(7-3-6-26)25-13-20-9-21(14-25)11-22(10-20)15-25/h4-5,8,20-22H,3,7,9-16H2,1-2H3. The minimum Gasteiger partial charge on any atom is -0.455 e. The second kappa shape index (κ2) is 8.41. The lowest BCUT2D eigenvalue weighted by Gasteiger charge is -2.60. The topological polar surface area (TPSA) is 70.4 Å². The van der Waals surface area contributed by atoms with Crippen molar-refractivity contribution in [3.05, 3.63) is 34.9 Å². The van der Waals surface area contributed by atoms with E-state index < -0.39 is 0 Å². The van der Waals surface area contributed by atoms with Crippen molar-refractivity contribution in [2.75, 3.05) is 13.2 Å². The van der Waals surface area contributed by atoms with Crippen molar-refractivity contribution >= 4 is 11.9 Å². The highest BCUT2D eigenvalue weighted by atomic mass is 16.5. The van der Waals surface area contributed by atoms with Crippen molar-refractivity contribution in [1.82, 2.24) is 4.90 Å². The number of carbonyl (C=O) groups excluding carboxylic acids is 2. The molecule has 0 aromatic heterocycles. The van der Waals surface area contributed by atoms with Gasteiger partial charge in [0.25, 0.3) is 5.91 Å². The molecular weight excluding hydrogens is 376 g/mol. The van der Waals surface area contributed by atoms with E-state index in [1.807, 2.05) is 36.9 Å². The Morgan fingerprint density at radius 1 is 1.10 bits per heavy atom. The molecule has 4 fully saturated rings. The number of amides is 1. The predicted octanol–water partition coefficient (Wildman–Crippen LogP) is 4.10. The maximum absolute atomic E-state index is 13.2. The van der Waals surface area contributed by atoms with E-state index in [0.29, 0.717) is 30.7 Å². The molecule has 4 aliphatic carbocycles. The third-order valence-electron chi connectivity index (χ3n) is 7.60. The van der Waals surface area contributed by atoms with Gasteiger partial charge >= 0.3 is 5.97 Å². The molecule has 5 heteroatoms. The highest BCUT2D eigenvalue weighted by Crippen LogP contribution is 2.57. The largest absolute Gasteiger partial charge is 0.455 e. The van der Waals surface area contributed by atoms with Gasteiger partial charge in [0, 0.05) is 12.1 Å². The number of ether oxygens (including phenoxy) is 1. The third-order valence-corrected chi connectivity index (χ3v) is 7.60. The molecule has 1 aromatic rings. The average molecular weight is 409 g/mol. The van der Waals surface area contributed by atoms with Crippen LogP contribution in [0.5, 0.6) is 0 Å². The minimum absolute atomic E-state index is 0.122. The second-order valence-corrected chi connectivity index (χ2v) is 9.85. The summed E-state index contributed by atoms with van der Waals surface area (Å²) in [5, 5.41) is 9.13. The quantitative estimate of drug-likeness (QED) is 0.637. The molecule has 4 bridgehead atoms. The van der Waals surface area contributed by atoms with E-state index >= 15 is 0 Å². The molecule has 0 aliphatic heterocycles. The van der Waals surface area contributed by atoms with Crippen LogP contribution in [0.25, 0.3) is 0 Å². The normalized spacial score (nSPS) is 28.8. The number of hydrogen-bond acceptors (Lipinski definition) is 4. The van der Waals surface area contributed by atoms with Crippen molar-refractivity contribution in [3.63, 3.8) is 0 Å². The zero-order valence-electron chi connectivity index (χ0n) is 18.2. The molecule has 5 nitrogen and oxygen atoms in total. The van der Waals surface area contributed by atoms with Gasteiger partial charge < -0.3 is 9.64 Å². The average Bonchev–Trinajstić information content (AvgIpc) is 2.68. The summed E-state index contributed by atoms with van der Waals surface area (Å²) in [7, 11) is 0. The fraction of sp³-hybridized carbons (Fsp3) is 0.640. The number of nitriles is 1. The molecule has 30 heavy (non-hydrogen) atoms. The molecular formula is C25H32N2O3. The molecule has 4 aliphatic rings. The van der Waals surface area contributed by atoms with E-state index in [2.05, 4.69) is 6.07 Å². The van der Waals surface area contributed by atoms with Crippen molar-refractivity contribution in [3.8, 4) is 6.07 Å². The number of nitrogens with zero attached hydrogens (tertiary/aromatic N) is 2. The van der Waals surface area contributed by atoms with E-state index in [1.54, 1.807) is 0 Å². The van der Waals surface area contributed by atoms with Crippen LogP contribution in [0.3, 0.4) is 0 Å². The lowest BCUT2D eigenvalue weighted by Crippen LogP contribution is -2.62. The fourth-order valence-corrected chi connectivity index (χ4v) is 6.54. The predicted molar refractivity (Wildman–Crippen MR) is 113 cm³/mol. The molecule has 160 valence electrons. The molecule has 0 spiro atoms. The Hall–Kier alpha value is -2.35. The Bertz CT molecular complexity index is 834. The number of carbonyl (C=O) groups is 2. The van der Waals surface area contributed by atoms with Gasteiger partial charge in [-0.2, -0.15) is 5.26 Å². The molecule has 1 aromatic carbocycles. The van der Waals surface area contributed by atoms with Crippen LogP contribution in [0.4, 0.5) is 0 Å². The summed E-state index contributed by atoms with van der Waals surface area (Å²) in [6, 6.07) is 8.11. The van der Waals surface area contributed by atoms with Crippen molar-refractivity contribution < 1.29 is 14.3 Å². The Balaban J connectivity index is 1.40. The van der Waals surface area contributed by atoms with Gasteiger partial charge in [0.1, 0.15) is 0 Å². The maximum Gasteiger partial charge on any atom is 0.310 e. The lowest BCUT2D eigenvalue weighted by atomic mass is 9.52. The summed E-state index contributed by atoms with van der Waals surface area (Å²) >= 11 is 0. The van der Waals surface area contributed by atoms with Crippen molar-refractivity contribution in [2.45, 2.75) is 70.8 Å². The van der Waals surface area contributed by atoms with Crippen LogP contribution in [-0.2, 0) is 20.7 Å². The first-order chi connectivity index (χ1) is 14.4. The number of hydrogen-bond donors (Lipinski definition) is 0. The highest BCUT2D eigenvalue weighted by molar-refractivity contribution is 5.82. The van der Waals surface area contributed by atoms with Gasteiger partial charge in [0.2, 0.25) is 0 Å². The zero-order chi connectivity index (χ0) is 21.3. The first-order valence-corrected chi connectivity index (χ1v) is 11.3.